The number of hydrogen-bond acceptors (Lipinski definition) is 2. The van der Waals surface area contributed by atoms with E-state index in [1.807, 2.05) is 45.1 Å². The summed E-state index contributed by atoms with van der Waals surface area (Å²) in [5, 5.41) is 10.4. The van der Waals surface area contributed by atoms with Crippen LogP contribution in [0.1, 0.15) is 37.8 Å². The molecule has 0 unspecified atom stereocenters. The fourth-order valence-corrected chi connectivity index (χ4v) is 1.80. The van der Waals surface area contributed by atoms with E-state index < -0.39 is 5.60 Å². The summed E-state index contributed by atoms with van der Waals surface area (Å²) in [5.74, 6) is 0.816. The van der Waals surface area contributed by atoms with Gasteiger partial charge in [0.05, 0.1) is 12.7 Å². The van der Waals surface area contributed by atoms with Gasteiger partial charge in [0.2, 0.25) is 0 Å². The molecule has 0 bridgehead atoms. The van der Waals surface area contributed by atoms with Crippen molar-refractivity contribution in [1.82, 2.24) is 0 Å². The molecule has 0 aromatic heterocycles. The van der Waals surface area contributed by atoms with Crippen molar-refractivity contribution in [3.63, 3.8) is 0 Å². The van der Waals surface area contributed by atoms with Gasteiger partial charge in [0.15, 0.2) is 0 Å². The highest BCUT2D eigenvalue weighted by Crippen LogP contribution is 2.27. The highest BCUT2D eigenvalue weighted by Gasteiger charge is 2.10. The Balaban J connectivity index is 2.77. The highest BCUT2D eigenvalue weighted by atomic mass is 35.5. The van der Waals surface area contributed by atoms with Crippen molar-refractivity contribution in [3.05, 3.63) is 34.4 Å². The van der Waals surface area contributed by atoms with Gasteiger partial charge >= 0.3 is 0 Å². The third-order valence-corrected chi connectivity index (χ3v) is 3.14. The average Bonchev–Trinajstić information content (AvgIpc) is 2.27. The summed E-state index contributed by atoms with van der Waals surface area (Å²) >= 11 is 6.10. The van der Waals surface area contributed by atoms with Crippen LogP contribution in [0.5, 0.6) is 5.75 Å². The molecule has 0 saturated carbocycles. The molecule has 2 nitrogen and oxygen atoms in total. The summed E-state index contributed by atoms with van der Waals surface area (Å²) in [7, 11) is 1.65. The molecule has 0 spiro atoms. The first-order valence-corrected chi connectivity index (χ1v) is 6.44. The second-order valence-corrected chi connectivity index (χ2v) is 5.50. The lowest BCUT2D eigenvalue weighted by Crippen LogP contribution is -2.17. The van der Waals surface area contributed by atoms with Crippen LogP contribution < -0.4 is 4.74 Å². The van der Waals surface area contributed by atoms with Crippen molar-refractivity contribution in [3.8, 4) is 5.75 Å². The Kier molecular flexibility index (Phi) is 5.24. The maximum absolute atomic E-state index is 9.62. The Morgan fingerprint density at radius 2 is 2.06 bits per heavy atom. The van der Waals surface area contributed by atoms with Gasteiger partial charge in [0.25, 0.3) is 0 Å². The van der Waals surface area contributed by atoms with Crippen LogP contribution in [-0.2, 0) is 0 Å². The number of methoxy groups -OCH3 is 1. The fourth-order valence-electron chi connectivity index (χ4n) is 1.62. The molecule has 0 atom stereocenters. The lowest BCUT2D eigenvalue weighted by atomic mass is 10.0. The van der Waals surface area contributed by atoms with Crippen LogP contribution >= 0.6 is 11.6 Å². The summed E-state index contributed by atoms with van der Waals surface area (Å²) in [6.45, 7) is 5.57. The number of hydrogen-bond donors (Lipinski definition) is 1. The van der Waals surface area contributed by atoms with Crippen molar-refractivity contribution in [1.29, 1.82) is 0 Å². The van der Waals surface area contributed by atoms with E-state index in [-0.39, 0.29) is 0 Å². The van der Waals surface area contributed by atoms with Gasteiger partial charge in [-0.3, -0.25) is 0 Å². The van der Waals surface area contributed by atoms with Gasteiger partial charge < -0.3 is 9.84 Å². The molecule has 1 rings (SSSR count). The maximum Gasteiger partial charge on any atom is 0.126 e. The van der Waals surface area contributed by atoms with Gasteiger partial charge in [0.1, 0.15) is 5.75 Å². The summed E-state index contributed by atoms with van der Waals surface area (Å²) in [5.41, 5.74) is 1.34. The SMILES string of the molecule is COc1cc(C)c(Cl)cc1/C=C/CCC(C)(C)O. The first kappa shape index (κ1) is 15.1. The van der Waals surface area contributed by atoms with E-state index in [2.05, 4.69) is 0 Å². The molecule has 0 radical (unpaired) electrons. The monoisotopic (exact) mass is 268 g/mol. The van der Waals surface area contributed by atoms with E-state index >= 15 is 0 Å². The van der Waals surface area contributed by atoms with Crippen molar-refractivity contribution >= 4 is 17.7 Å². The van der Waals surface area contributed by atoms with Gasteiger partial charge in [-0.05, 0) is 51.3 Å². The van der Waals surface area contributed by atoms with Crippen LogP contribution in [0.2, 0.25) is 5.02 Å². The minimum absolute atomic E-state index is 0.626. The van der Waals surface area contributed by atoms with Crippen molar-refractivity contribution < 1.29 is 9.84 Å². The Morgan fingerprint density at radius 3 is 2.61 bits per heavy atom. The molecule has 1 aromatic carbocycles. The Bertz CT molecular complexity index is 431. The standard InChI is InChI=1S/C15H21ClO2/c1-11-9-14(18-4)12(10-13(11)16)7-5-6-8-15(2,3)17/h5,7,9-10,17H,6,8H2,1-4H3/b7-5+. The predicted molar refractivity (Wildman–Crippen MR) is 77.3 cm³/mol. The number of allylic oxidation sites excluding steroid dienone is 1. The maximum atomic E-state index is 9.62. The summed E-state index contributed by atoms with van der Waals surface area (Å²) in [4.78, 5) is 0. The molecular formula is C15H21ClO2. The zero-order valence-electron chi connectivity index (χ0n) is 11.5. The van der Waals surface area contributed by atoms with Crippen LogP contribution in [0, 0.1) is 6.92 Å². The number of rotatable bonds is 5. The largest absolute Gasteiger partial charge is 0.496 e. The van der Waals surface area contributed by atoms with Gasteiger partial charge in [-0.2, -0.15) is 0 Å². The van der Waals surface area contributed by atoms with E-state index in [1.165, 1.54) is 0 Å². The van der Waals surface area contributed by atoms with Crippen LogP contribution in [0.3, 0.4) is 0 Å². The number of benzene rings is 1. The normalized spacial score (nSPS) is 12.1. The second kappa shape index (κ2) is 6.26. The summed E-state index contributed by atoms with van der Waals surface area (Å²) in [6.07, 6.45) is 5.56. The summed E-state index contributed by atoms with van der Waals surface area (Å²) in [6, 6.07) is 3.83. The van der Waals surface area contributed by atoms with Gasteiger partial charge in [-0.25, -0.2) is 0 Å². The van der Waals surface area contributed by atoms with E-state index in [0.29, 0.717) is 0 Å². The minimum Gasteiger partial charge on any atom is -0.496 e. The molecule has 0 aliphatic rings. The molecule has 0 aliphatic carbocycles. The molecule has 100 valence electrons. The van der Waals surface area contributed by atoms with Gasteiger partial charge in [0, 0.05) is 10.6 Å². The fraction of sp³-hybridized carbons (Fsp3) is 0.467. The number of ether oxygens (including phenoxy) is 1. The number of halogens is 1. The first-order chi connectivity index (χ1) is 8.33. The van der Waals surface area contributed by atoms with Crippen LogP contribution in [0.25, 0.3) is 6.08 Å². The van der Waals surface area contributed by atoms with E-state index in [0.717, 1.165) is 34.7 Å². The zero-order valence-corrected chi connectivity index (χ0v) is 12.2. The molecule has 0 saturated heterocycles. The van der Waals surface area contributed by atoms with Crippen molar-refractivity contribution in [2.24, 2.45) is 0 Å². The average molecular weight is 269 g/mol. The summed E-state index contributed by atoms with van der Waals surface area (Å²) < 4.78 is 5.32. The van der Waals surface area contributed by atoms with E-state index in [4.69, 9.17) is 16.3 Å². The molecule has 1 N–H and O–H groups in total. The molecule has 0 aliphatic heterocycles. The Morgan fingerprint density at radius 1 is 1.39 bits per heavy atom. The highest BCUT2D eigenvalue weighted by molar-refractivity contribution is 6.31. The first-order valence-electron chi connectivity index (χ1n) is 6.06. The predicted octanol–water partition coefficient (Wildman–Crippen LogP) is 4.22. The lowest BCUT2D eigenvalue weighted by Gasteiger charge is -2.15. The third-order valence-electron chi connectivity index (χ3n) is 2.73. The van der Waals surface area contributed by atoms with Gasteiger partial charge in [-0.15, -0.1) is 0 Å². The van der Waals surface area contributed by atoms with Crippen LogP contribution in [-0.4, -0.2) is 17.8 Å². The molecule has 0 heterocycles. The number of aliphatic hydroxyl groups is 1. The van der Waals surface area contributed by atoms with Crippen LogP contribution in [0.15, 0.2) is 18.2 Å². The zero-order chi connectivity index (χ0) is 13.8. The molecule has 18 heavy (non-hydrogen) atoms. The van der Waals surface area contributed by atoms with Crippen molar-refractivity contribution in [2.45, 2.75) is 39.2 Å². The third kappa shape index (κ3) is 4.71. The Hall–Kier alpha value is -0.990. The van der Waals surface area contributed by atoms with E-state index in [1.54, 1.807) is 7.11 Å². The molecular weight excluding hydrogens is 248 g/mol. The minimum atomic E-state index is -0.626. The quantitative estimate of drug-likeness (QED) is 0.866. The van der Waals surface area contributed by atoms with Gasteiger partial charge in [-0.1, -0.05) is 23.8 Å². The van der Waals surface area contributed by atoms with Crippen molar-refractivity contribution in [2.75, 3.05) is 7.11 Å². The smallest absolute Gasteiger partial charge is 0.126 e. The molecule has 1 aromatic rings. The topological polar surface area (TPSA) is 29.5 Å². The van der Waals surface area contributed by atoms with Crippen LogP contribution in [0.4, 0.5) is 0 Å². The molecule has 0 amide bonds. The Labute approximate surface area is 114 Å². The second-order valence-electron chi connectivity index (χ2n) is 5.10. The molecule has 0 fully saturated rings. The number of aryl methyl sites for hydroxylation is 1. The lowest BCUT2D eigenvalue weighted by molar-refractivity contribution is 0.0722. The molecule has 3 heteroatoms. The van der Waals surface area contributed by atoms with E-state index in [9.17, 15) is 5.11 Å².